The fourth-order valence-electron chi connectivity index (χ4n) is 3.11. The van der Waals surface area contributed by atoms with Crippen LogP contribution in [0.1, 0.15) is 12.0 Å². The summed E-state index contributed by atoms with van der Waals surface area (Å²) in [4.78, 5) is 6.69. The van der Waals surface area contributed by atoms with Crippen LogP contribution in [0.2, 0.25) is 0 Å². The third-order valence-corrected chi connectivity index (χ3v) is 4.29. The van der Waals surface area contributed by atoms with Gasteiger partial charge in [0.1, 0.15) is 5.75 Å². The van der Waals surface area contributed by atoms with E-state index in [0.29, 0.717) is 25.0 Å². The van der Waals surface area contributed by atoms with Crippen molar-refractivity contribution in [2.45, 2.75) is 19.4 Å². The second-order valence-corrected chi connectivity index (χ2v) is 6.31. The highest BCUT2D eigenvalue weighted by Gasteiger charge is 2.24. The van der Waals surface area contributed by atoms with Crippen LogP contribution >= 0.6 is 0 Å². The molecule has 6 heteroatoms. The van der Waals surface area contributed by atoms with Crippen LogP contribution in [-0.4, -0.2) is 48.2 Å². The van der Waals surface area contributed by atoms with Gasteiger partial charge < -0.3 is 25.7 Å². The first kappa shape index (κ1) is 15.1. The number of rotatable bonds is 5. The number of nitrogen functional groups attached to an aromatic ring is 1. The standard InChI is InChI=1S/C16H25N5O/c1-20(2)6-3-7-21-15-12-8-11(9-17)10-22-14(12)5-4-13(15)19-16(21)18/h4-5,11H,3,6-10,17H2,1-2H3,(H2,18,19). The third kappa shape index (κ3) is 2.76. The maximum atomic E-state index is 6.14. The molecule has 120 valence electrons. The Bertz CT molecular complexity index is 664. The summed E-state index contributed by atoms with van der Waals surface area (Å²) in [5.41, 5.74) is 15.2. The van der Waals surface area contributed by atoms with Gasteiger partial charge in [-0.05, 0) is 52.2 Å². The Morgan fingerprint density at radius 3 is 2.95 bits per heavy atom. The molecule has 0 aliphatic carbocycles. The number of nitrogens with two attached hydrogens (primary N) is 2. The molecule has 2 heterocycles. The van der Waals surface area contributed by atoms with E-state index < -0.39 is 0 Å². The van der Waals surface area contributed by atoms with Crippen molar-refractivity contribution in [1.82, 2.24) is 14.5 Å². The molecule has 1 unspecified atom stereocenters. The summed E-state index contributed by atoms with van der Waals surface area (Å²) >= 11 is 0. The van der Waals surface area contributed by atoms with Crippen molar-refractivity contribution in [1.29, 1.82) is 0 Å². The first-order chi connectivity index (χ1) is 10.6. The number of hydrogen-bond donors (Lipinski definition) is 2. The molecule has 0 spiro atoms. The number of aromatic nitrogens is 2. The Kier molecular flexibility index (Phi) is 4.22. The average Bonchev–Trinajstić information content (AvgIpc) is 2.82. The van der Waals surface area contributed by atoms with Crippen molar-refractivity contribution in [2.24, 2.45) is 11.7 Å². The Balaban J connectivity index is 1.99. The molecule has 0 radical (unpaired) electrons. The molecule has 1 aliphatic heterocycles. The van der Waals surface area contributed by atoms with E-state index in [0.717, 1.165) is 42.7 Å². The summed E-state index contributed by atoms with van der Waals surface area (Å²) in [7, 11) is 4.16. The summed E-state index contributed by atoms with van der Waals surface area (Å²) in [6.07, 6.45) is 1.97. The number of fused-ring (bicyclic) bond motifs is 3. The van der Waals surface area contributed by atoms with Crippen molar-refractivity contribution in [2.75, 3.05) is 39.5 Å². The summed E-state index contributed by atoms with van der Waals surface area (Å²) in [5, 5.41) is 0. The average molecular weight is 303 g/mol. The highest BCUT2D eigenvalue weighted by Crippen LogP contribution is 2.34. The number of aryl methyl sites for hydroxylation is 1. The lowest BCUT2D eigenvalue weighted by Gasteiger charge is -2.25. The lowest BCUT2D eigenvalue weighted by molar-refractivity contribution is 0.227. The van der Waals surface area contributed by atoms with Gasteiger partial charge in [0.15, 0.2) is 0 Å². The third-order valence-electron chi connectivity index (χ3n) is 4.29. The molecule has 0 bridgehead atoms. The van der Waals surface area contributed by atoms with Crippen LogP contribution in [0, 0.1) is 5.92 Å². The van der Waals surface area contributed by atoms with E-state index in [1.54, 1.807) is 0 Å². The zero-order chi connectivity index (χ0) is 15.7. The minimum absolute atomic E-state index is 0.365. The zero-order valence-corrected chi connectivity index (χ0v) is 13.4. The highest BCUT2D eigenvalue weighted by atomic mass is 16.5. The molecule has 1 aliphatic rings. The van der Waals surface area contributed by atoms with Crippen molar-refractivity contribution in [3.8, 4) is 5.75 Å². The summed E-state index contributed by atoms with van der Waals surface area (Å²) < 4.78 is 8.00. The number of nitrogens with zero attached hydrogens (tertiary/aromatic N) is 3. The predicted molar refractivity (Wildman–Crippen MR) is 89.1 cm³/mol. The van der Waals surface area contributed by atoms with Gasteiger partial charge in [0.05, 0.1) is 17.6 Å². The number of imidazole rings is 1. The van der Waals surface area contributed by atoms with E-state index in [9.17, 15) is 0 Å². The SMILES string of the molecule is CN(C)CCCn1c(N)nc2ccc3c(c21)CC(CN)CO3. The smallest absolute Gasteiger partial charge is 0.201 e. The van der Waals surface area contributed by atoms with Gasteiger partial charge in [-0.3, -0.25) is 0 Å². The van der Waals surface area contributed by atoms with Gasteiger partial charge in [-0.2, -0.15) is 0 Å². The van der Waals surface area contributed by atoms with Crippen LogP contribution in [0.5, 0.6) is 5.75 Å². The Hall–Kier alpha value is -1.79. The van der Waals surface area contributed by atoms with Gasteiger partial charge in [-0.25, -0.2) is 4.98 Å². The van der Waals surface area contributed by atoms with Crippen LogP contribution in [-0.2, 0) is 13.0 Å². The van der Waals surface area contributed by atoms with E-state index >= 15 is 0 Å². The quantitative estimate of drug-likeness (QED) is 0.864. The molecule has 1 aromatic carbocycles. The summed E-state index contributed by atoms with van der Waals surface area (Å²) in [5.74, 6) is 1.90. The lowest BCUT2D eigenvalue weighted by atomic mass is 9.95. The normalized spacial score (nSPS) is 17.7. The number of hydrogen-bond acceptors (Lipinski definition) is 5. The van der Waals surface area contributed by atoms with E-state index in [-0.39, 0.29) is 0 Å². The maximum absolute atomic E-state index is 6.14. The van der Waals surface area contributed by atoms with Gasteiger partial charge in [-0.1, -0.05) is 0 Å². The minimum atomic E-state index is 0.365. The lowest BCUT2D eigenvalue weighted by Crippen LogP contribution is -2.28. The number of anilines is 1. The fourth-order valence-corrected chi connectivity index (χ4v) is 3.11. The molecule has 0 saturated heterocycles. The van der Waals surface area contributed by atoms with Crippen molar-refractivity contribution >= 4 is 17.0 Å². The molecule has 0 saturated carbocycles. The Morgan fingerprint density at radius 1 is 1.41 bits per heavy atom. The molecule has 3 rings (SSSR count). The molecule has 0 fully saturated rings. The monoisotopic (exact) mass is 303 g/mol. The van der Waals surface area contributed by atoms with E-state index in [4.69, 9.17) is 16.2 Å². The molecule has 2 aromatic rings. The molecule has 6 nitrogen and oxygen atoms in total. The van der Waals surface area contributed by atoms with Gasteiger partial charge >= 0.3 is 0 Å². The highest BCUT2D eigenvalue weighted by molar-refractivity contribution is 5.84. The molecular formula is C16H25N5O. The molecule has 22 heavy (non-hydrogen) atoms. The Morgan fingerprint density at radius 2 is 2.23 bits per heavy atom. The predicted octanol–water partition coefficient (Wildman–Crippen LogP) is 1.08. The summed E-state index contributed by atoms with van der Waals surface area (Å²) in [6, 6.07) is 4.00. The van der Waals surface area contributed by atoms with E-state index in [1.807, 2.05) is 12.1 Å². The van der Waals surface area contributed by atoms with Crippen LogP contribution < -0.4 is 16.2 Å². The maximum Gasteiger partial charge on any atom is 0.201 e. The van der Waals surface area contributed by atoms with Gasteiger partial charge in [0.2, 0.25) is 5.95 Å². The van der Waals surface area contributed by atoms with Crippen LogP contribution in [0.15, 0.2) is 12.1 Å². The minimum Gasteiger partial charge on any atom is -0.493 e. The molecule has 1 aromatic heterocycles. The molecule has 0 amide bonds. The topological polar surface area (TPSA) is 82.3 Å². The van der Waals surface area contributed by atoms with Crippen LogP contribution in [0.3, 0.4) is 0 Å². The fraction of sp³-hybridized carbons (Fsp3) is 0.562. The van der Waals surface area contributed by atoms with Crippen molar-refractivity contribution < 1.29 is 4.74 Å². The number of ether oxygens (including phenoxy) is 1. The van der Waals surface area contributed by atoms with E-state index in [2.05, 4.69) is 28.5 Å². The largest absolute Gasteiger partial charge is 0.493 e. The summed E-state index contributed by atoms with van der Waals surface area (Å²) in [6.45, 7) is 3.22. The van der Waals surface area contributed by atoms with E-state index in [1.165, 1.54) is 5.56 Å². The van der Waals surface area contributed by atoms with Gasteiger partial charge in [0, 0.05) is 18.0 Å². The zero-order valence-electron chi connectivity index (χ0n) is 13.4. The van der Waals surface area contributed by atoms with Crippen LogP contribution in [0.4, 0.5) is 5.95 Å². The second kappa shape index (κ2) is 6.14. The Labute approximate surface area is 131 Å². The molecule has 1 atom stereocenters. The van der Waals surface area contributed by atoms with Gasteiger partial charge in [-0.15, -0.1) is 0 Å². The first-order valence-corrected chi connectivity index (χ1v) is 7.85. The van der Waals surface area contributed by atoms with Crippen LogP contribution in [0.25, 0.3) is 11.0 Å². The molecule has 4 N–H and O–H groups in total. The molecular weight excluding hydrogens is 278 g/mol. The van der Waals surface area contributed by atoms with Crippen molar-refractivity contribution in [3.63, 3.8) is 0 Å². The second-order valence-electron chi connectivity index (χ2n) is 6.31. The first-order valence-electron chi connectivity index (χ1n) is 7.85. The van der Waals surface area contributed by atoms with Crippen molar-refractivity contribution in [3.05, 3.63) is 17.7 Å². The number of benzene rings is 1. The van der Waals surface area contributed by atoms with Gasteiger partial charge in [0.25, 0.3) is 0 Å².